The van der Waals surface area contributed by atoms with E-state index in [0.717, 1.165) is 0 Å². The van der Waals surface area contributed by atoms with Crippen molar-refractivity contribution < 1.29 is 38.5 Å². The molecule has 0 aliphatic heterocycles. The predicted octanol–water partition coefficient (Wildman–Crippen LogP) is 1.53. The third kappa shape index (κ3) is 7.50. The lowest BCUT2D eigenvalue weighted by molar-refractivity contribution is -0.166. The summed E-state index contributed by atoms with van der Waals surface area (Å²) in [7, 11) is 0. The van der Waals surface area contributed by atoms with Gasteiger partial charge in [-0.25, -0.2) is 4.79 Å². The van der Waals surface area contributed by atoms with Gasteiger partial charge in [0.2, 0.25) is 6.10 Å². The van der Waals surface area contributed by atoms with Crippen LogP contribution in [0.1, 0.15) is 19.3 Å². The molecule has 0 fully saturated rings. The van der Waals surface area contributed by atoms with Gasteiger partial charge in [-0.05, 0) is 48.5 Å². The largest absolute Gasteiger partial charge is 0.481 e. The van der Waals surface area contributed by atoms with E-state index in [-0.39, 0.29) is 11.5 Å². The number of carboxylic acid groups (broad SMARTS) is 1. The molecule has 0 saturated carbocycles. The first-order valence-electron chi connectivity index (χ1n) is 8.77. The summed E-state index contributed by atoms with van der Waals surface area (Å²) in [6.45, 7) is 0. The fraction of sp³-hybridized carbons (Fsp3) is 0.200. The third-order valence-corrected chi connectivity index (χ3v) is 3.64. The second kappa shape index (κ2) is 10.5. The summed E-state index contributed by atoms with van der Waals surface area (Å²) in [6, 6.07) is 11.8. The van der Waals surface area contributed by atoms with Crippen LogP contribution in [0.4, 0.5) is 11.4 Å². The molecule has 2 rings (SSSR count). The molecular weight excluding hydrogens is 396 g/mol. The average Bonchev–Trinajstić information content (AvgIpc) is 2.69. The number of benzene rings is 2. The summed E-state index contributed by atoms with van der Waals surface area (Å²) in [6.07, 6.45) is -3.25. The molecular formula is C20H20N2O8. The predicted molar refractivity (Wildman–Crippen MR) is 104 cm³/mol. The molecule has 0 heterocycles. The second-order valence-corrected chi connectivity index (χ2v) is 6.11. The number of carbonyl (C=O) groups excluding carboxylic acids is 3. The Balaban J connectivity index is 2.06. The van der Waals surface area contributed by atoms with Crippen LogP contribution in [0.25, 0.3) is 0 Å². The van der Waals surface area contributed by atoms with Crippen LogP contribution in [-0.4, -0.2) is 35.1 Å². The van der Waals surface area contributed by atoms with E-state index in [9.17, 15) is 19.2 Å². The normalized spacial score (nSPS) is 11.2. The Hall–Kier alpha value is -4.08. The minimum absolute atomic E-state index is 0.118. The van der Waals surface area contributed by atoms with Crippen LogP contribution in [0.3, 0.4) is 0 Å². The van der Waals surface area contributed by atoms with Crippen LogP contribution in [0, 0.1) is 0 Å². The van der Waals surface area contributed by atoms with Crippen LogP contribution < -0.4 is 20.9 Å². The minimum atomic E-state index is -1.63. The number of nitrogens with two attached hydrogens (primary N) is 2. The smallest absolute Gasteiger partial charge is 0.353 e. The van der Waals surface area contributed by atoms with Gasteiger partial charge in [-0.15, -0.1) is 0 Å². The Morgan fingerprint density at radius 3 is 1.77 bits per heavy atom. The fourth-order valence-electron chi connectivity index (χ4n) is 2.18. The summed E-state index contributed by atoms with van der Waals surface area (Å²) in [4.78, 5) is 47.1. The summed E-state index contributed by atoms with van der Waals surface area (Å²) >= 11 is 0. The van der Waals surface area contributed by atoms with Gasteiger partial charge in [-0.2, -0.15) is 0 Å². The lowest BCUT2D eigenvalue weighted by Gasteiger charge is -2.16. The van der Waals surface area contributed by atoms with Crippen LogP contribution in [0.15, 0.2) is 48.5 Å². The molecule has 158 valence electrons. The quantitative estimate of drug-likeness (QED) is 0.309. The Morgan fingerprint density at radius 2 is 1.27 bits per heavy atom. The van der Waals surface area contributed by atoms with E-state index in [1.54, 1.807) is 0 Å². The lowest BCUT2D eigenvalue weighted by atomic mass is 10.2. The van der Waals surface area contributed by atoms with Gasteiger partial charge < -0.3 is 30.8 Å². The maximum absolute atomic E-state index is 12.4. The number of hydrogen-bond donors (Lipinski definition) is 3. The van der Waals surface area contributed by atoms with Crippen molar-refractivity contribution in [2.45, 2.75) is 25.4 Å². The van der Waals surface area contributed by atoms with Crippen molar-refractivity contribution in [2.24, 2.45) is 0 Å². The highest BCUT2D eigenvalue weighted by molar-refractivity contribution is 5.87. The number of carboxylic acids is 1. The van der Waals surface area contributed by atoms with Crippen LogP contribution in [-0.2, 0) is 23.9 Å². The SMILES string of the molecule is Nc1ccc(OC(=O)CC(OC(=O)CCC(=O)O)C(=O)Oc2ccc(N)cc2)cc1. The summed E-state index contributed by atoms with van der Waals surface area (Å²) in [5.74, 6) is -3.79. The molecule has 0 aliphatic rings. The van der Waals surface area contributed by atoms with E-state index < -0.39 is 49.2 Å². The topological polar surface area (TPSA) is 168 Å². The van der Waals surface area contributed by atoms with Crippen LogP contribution in [0.2, 0.25) is 0 Å². The summed E-state index contributed by atoms with van der Waals surface area (Å²) in [5.41, 5.74) is 12.0. The maximum Gasteiger partial charge on any atom is 0.353 e. The van der Waals surface area contributed by atoms with Crippen LogP contribution in [0.5, 0.6) is 11.5 Å². The molecule has 0 bridgehead atoms. The van der Waals surface area contributed by atoms with E-state index in [1.807, 2.05) is 0 Å². The van der Waals surface area contributed by atoms with Gasteiger partial charge in [-0.3, -0.25) is 14.4 Å². The molecule has 1 atom stereocenters. The minimum Gasteiger partial charge on any atom is -0.481 e. The number of nitrogen functional groups attached to an aromatic ring is 2. The van der Waals surface area contributed by atoms with Crippen molar-refractivity contribution in [2.75, 3.05) is 11.5 Å². The van der Waals surface area contributed by atoms with Crippen LogP contribution >= 0.6 is 0 Å². The molecule has 0 saturated heterocycles. The van der Waals surface area contributed by atoms with Gasteiger partial charge in [0, 0.05) is 11.4 Å². The molecule has 0 spiro atoms. The zero-order valence-electron chi connectivity index (χ0n) is 15.8. The molecule has 0 aromatic heterocycles. The van der Waals surface area contributed by atoms with Crippen molar-refractivity contribution in [3.8, 4) is 11.5 Å². The summed E-state index contributed by atoms with van der Waals surface area (Å²) in [5, 5.41) is 8.66. The molecule has 0 radical (unpaired) electrons. The van der Waals surface area contributed by atoms with Crippen molar-refractivity contribution in [3.63, 3.8) is 0 Å². The van der Waals surface area contributed by atoms with E-state index in [4.69, 9.17) is 30.8 Å². The molecule has 0 amide bonds. The molecule has 10 heteroatoms. The Kier molecular flexibility index (Phi) is 7.74. The lowest BCUT2D eigenvalue weighted by Crippen LogP contribution is -2.34. The molecule has 5 N–H and O–H groups in total. The Morgan fingerprint density at radius 1 is 0.767 bits per heavy atom. The number of esters is 3. The third-order valence-electron chi connectivity index (χ3n) is 3.64. The van der Waals surface area contributed by atoms with Crippen molar-refractivity contribution in [3.05, 3.63) is 48.5 Å². The molecule has 30 heavy (non-hydrogen) atoms. The monoisotopic (exact) mass is 416 g/mol. The average molecular weight is 416 g/mol. The van der Waals surface area contributed by atoms with E-state index in [0.29, 0.717) is 11.4 Å². The molecule has 0 aliphatic carbocycles. The first kappa shape index (κ1) is 22.2. The Bertz CT molecular complexity index is 909. The molecule has 10 nitrogen and oxygen atoms in total. The van der Waals surface area contributed by atoms with Crippen molar-refractivity contribution >= 4 is 35.3 Å². The number of anilines is 2. The van der Waals surface area contributed by atoms with Gasteiger partial charge in [0.15, 0.2) is 0 Å². The highest BCUT2D eigenvalue weighted by Crippen LogP contribution is 2.17. The number of carbonyl (C=O) groups is 4. The summed E-state index contributed by atoms with van der Waals surface area (Å²) < 4.78 is 15.2. The van der Waals surface area contributed by atoms with Crippen molar-refractivity contribution in [1.29, 1.82) is 0 Å². The van der Waals surface area contributed by atoms with E-state index in [2.05, 4.69) is 0 Å². The first-order chi connectivity index (χ1) is 14.2. The molecule has 1 unspecified atom stereocenters. The van der Waals surface area contributed by atoms with Gasteiger partial charge >= 0.3 is 23.9 Å². The number of rotatable bonds is 9. The Labute approximate surface area is 171 Å². The molecule has 2 aromatic carbocycles. The maximum atomic E-state index is 12.4. The number of hydrogen-bond acceptors (Lipinski definition) is 9. The zero-order valence-corrected chi connectivity index (χ0v) is 15.8. The van der Waals surface area contributed by atoms with E-state index >= 15 is 0 Å². The van der Waals surface area contributed by atoms with Gasteiger partial charge in [-0.1, -0.05) is 0 Å². The van der Waals surface area contributed by atoms with Gasteiger partial charge in [0.05, 0.1) is 19.3 Å². The van der Waals surface area contributed by atoms with Crippen molar-refractivity contribution in [1.82, 2.24) is 0 Å². The zero-order chi connectivity index (χ0) is 22.1. The highest BCUT2D eigenvalue weighted by Gasteiger charge is 2.29. The van der Waals surface area contributed by atoms with E-state index in [1.165, 1.54) is 48.5 Å². The second-order valence-electron chi connectivity index (χ2n) is 6.11. The first-order valence-corrected chi connectivity index (χ1v) is 8.77. The standard InChI is InChI=1S/C20H20N2O8/c21-12-1-5-14(6-2-12)28-19(26)11-16(30-18(25)10-9-17(23)24)20(27)29-15-7-3-13(22)4-8-15/h1-8,16H,9-11,21-22H2,(H,23,24). The van der Waals surface area contributed by atoms with Gasteiger partial charge in [0.1, 0.15) is 11.5 Å². The number of ether oxygens (including phenoxy) is 3. The highest BCUT2D eigenvalue weighted by atomic mass is 16.6. The fourth-order valence-corrected chi connectivity index (χ4v) is 2.18. The molecule has 2 aromatic rings. The number of aliphatic carboxylic acids is 1. The van der Waals surface area contributed by atoms with Gasteiger partial charge in [0.25, 0.3) is 0 Å².